The highest BCUT2D eigenvalue weighted by atomic mass is 16.5. The molecule has 0 radical (unpaired) electrons. The maximum absolute atomic E-state index is 12.2. The Hall–Kier alpha value is -3.41. The van der Waals surface area contributed by atoms with Crippen LogP contribution in [0.1, 0.15) is 23.1 Å². The van der Waals surface area contributed by atoms with Gasteiger partial charge in [-0.25, -0.2) is 14.8 Å². The van der Waals surface area contributed by atoms with E-state index in [1.165, 1.54) is 0 Å². The Kier molecular flexibility index (Phi) is 4.01. The number of nitrogens with one attached hydrogen (secondary N) is 1. The molecule has 2 aromatic heterocycles. The second kappa shape index (κ2) is 6.48. The summed E-state index contributed by atoms with van der Waals surface area (Å²) in [5, 5.41) is 4.06. The maximum Gasteiger partial charge on any atom is 0.376 e. The van der Waals surface area contributed by atoms with Crippen molar-refractivity contribution in [2.75, 3.05) is 11.9 Å². The van der Waals surface area contributed by atoms with Crippen LogP contribution in [0.4, 0.5) is 11.5 Å². The van der Waals surface area contributed by atoms with E-state index in [9.17, 15) is 4.79 Å². The Morgan fingerprint density at radius 3 is 2.81 bits per heavy atom. The highest BCUT2D eigenvalue weighted by Crippen LogP contribution is 2.32. The summed E-state index contributed by atoms with van der Waals surface area (Å²) < 4.78 is 11.0. The lowest BCUT2D eigenvalue weighted by Crippen LogP contribution is -2.11. The molecule has 0 aliphatic rings. The van der Waals surface area contributed by atoms with Gasteiger partial charge in [0, 0.05) is 11.1 Å². The zero-order valence-corrected chi connectivity index (χ0v) is 14.4. The van der Waals surface area contributed by atoms with Crippen LogP contribution in [0.3, 0.4) is 0 Å². The van der Waals surface area contributed by atoms with E-state index in [2.05, 4.69) is 15.3 Å². The first-order valence-corrected chi connectivity index (χ1v) is 8.36. The van der Waals surface area contributed by atoms with Gasteiger partial charge in [-0.3, -0.25) is 0 Å². The molecule has 0 amide bonds. The number of hydrogen-bond acceptors (Lipinski definition) is 6. The van der Waals surface area contributed by atoms with Crippen molar-refractivity contribution < 1.29 is 13.9 Å². The van der Waals surface area contributed by atoms with Crippen LogP contribution in [0.25, 0.3) is 22.1 Å². The van der Waals surface area contributed by atoms with E-state index in [-0.39, 0.29) is 12.4 Å². The third-order valence-corrected chi connectivity index (χ3v) is 3.96. The minimum absolute atomic E-state index is 0.000978. The fourth-order valence-electron chi connectivity index (χ4n) is 2.82. The molecule has 6 nitrogen and oxygen atoms in total. The van der Waals surface area contributed by atoms with E-state index in [0.717, 1.165) is 16.6 Å². The number of furan rings is 1. The Labute approximate surface area is 149 Å². The summed E-state index contributed by atoms with van der Waals surface area (Å²) in [6.45, 7) is 4.01. The third-order valence-electron chi connectivity index (χ3n) is 3.96. The molecule has 0 spiro atoms. The second-order valence-corrected chi connectivity index (χ2v) is 5.89. The molecule has 0 fully saturated rings. The predicted octanol–water partition coefficient (Wildman–Crippen LogP) is 4.60. The minimum Gasteiger partial charge on any atom is -0.460 e. The summed E-state index contributed by atoms with van der Waals surface area (Å²) in [7, 11) is 0. The van der Waals surface area contributed by atoms with Crippen LogP contribution in [-0.2, 0) is 4.74 Å². The van der Waals surface area contributed by atoms with Crippen molar-refractivity contribution in [3.05, 3.63) is 59.9 Å². The molecule has 26 heavy (non-hydrogen) atoms. The first-order chi connectivity index (χ1) is 12.7. The summed E-state index contributed by atoms with van der Waals surface area (Å²) in [6, 6.07) is 15.4. The molecule has 0 aliphatic heterocycles. The Morgan fingerprint density at radius 1 is 1.15 bits per heavy atom. The summed E-state index contributed by atoms with van der Waals surface area (Å²) >= 11 is 0. The number of ether oxygens (including phenoxy) is 1. The topological polar surface area (TPSA) is 77.2 Å². The lowest BCUT2D eigenvalue weighted by molar-refractivity contribution is 0.0512. The predicted molar refractivity (Wildman–Crippen MR) is 99.7 cm³/mol. The van der Waals surface area contributed by atoms with Gasteiger partial charge in [0.25, 0.3) is 0 Å². The van der Waals surface area contributed by atoms with Gasteiger partial charge in [-0.2, -0.15) is 0 Å². The van der Waals surface area contributed by atoms with E-state index in [1.54, 1.807) is 6.92 Å². The van der Waals surface area contributed by atoms with Gasteiger partial charge in [-0.05, 0) is 43.7 Å². The minimum atomic E-state index is -0.563. The van der Waals surface area contributed by atoms with E-state index in [1.807, 2.05) is 55.5 Å². The number of anilines is 2. The van der Waals surface area contributed by atoms with E-state index in [0.29, 0.717) is 22.5 Å². The zero-order chi connectivity index (χ0) is 18.1. The molecule has 4 aromatic rings. The van der Waals surface area contributed by atoms with Crippen molar-refractivity contribution in [1.29, 1.82) is 0 Å². The average Bonchev–Trinajstić information content (AvgIpc) is 3.01. The number of aryl methyl sites for hydroxylation is 1. The zero-order valence-electron chi connectivity index (χ0n) is 14.4. The number of rotatable bonds is 4. The molecule has 130 valence electrons. The number of carbonyl (C=O) groups is 1. The fraction of sp³-hybridized carbons (Fsp3) is 0.150. The van der Waals surface area contributed by atoms with Gasteiger partial charge < -0.3 is 14.5 Å². The second-order valence-electron chi connectivity index (χ2n) is 5.89. The smallest absolute Gasteiger partial charge is 0.376 e. The Morgan fingerprint density at radius 2 is 2.00 bits per heavy atom. The highest BCUT2D eigenvalue weighted by Gasteiger charge is 2.20. The number of nitrogens with zero attached hydrogens (tertiary/aromatic N) is 2. The van der Waals surface area contributed by atoms with Crippen LogP contribution in [-0.4, -0.2) is 22.5 Å². The maximum atomic E-state index is 12.2. The number of esters is 1. The highest BCUT2D eigenvalue weighted by molar-refractivity contribution is 6.07. The molecule has 2 heterocycles. The van der Waals surface area contributed by atoms with Gasteiger partial charge in [0.1, 0.15) is 11.1 Å². The summed E-state index contributed by atoms with van der Waals surface area (Å²) in [5.41, 5.74) is 3.72. The Balaban J connectivity index is 1.92. The molecule has 2 aromatic carbocycles. The van der Waals surface area contributed by atoms with Crippen LogP contribution >= 0.6 is 0 Å². The molecule has 4 rings (SSSR count). The molecular weight excluding hydrogens is 330 g/mol. The number of benzene rings is 2. The van der Waals surface area contributed by atoms with E-state index < -0.39 is 5.97 Å². The van der Waals surface area contributed by atoms with Crippen LogP contribution in [0.5, 0.6) is 0 Å². The van der Waals surface area contributed by atoms with Crippen molar-refractivity contribution in [1.82, 2.24) is 9.97 Å². The van der Waals surface area contributed by atoms with Crippen molar-refractivity contribution in [3.8, 4) is 0 Å². The monoisotopic (exact) mass is 347 g/mol. The first-order valence-electron chi connectivity index (χ1n) is 8.36. The molecule has 0 unspecified atom stereocenters. The van der Waals surface area contributed by atoms with Crippen molar-refractivity contribution >= 4 is 39.5 Å². The molecule has 1 N–H and O–H groups in total. The van der Waals surface area contributed by atoms with Crippen LogP contribution in [0.2, 0.25) is 0 Å². The normalized spacial score (nSPS) is 11.0. The summed E-state index contributed by atoms with van der Waals surface area (Å²) in [6.07, 6.45) is 0. The van der Waals surface area contributed by atoms with Crippen LogP contribution in [0.15, 0.2) is 52.9 Å². The largest absolute Gasteiger partial charge is 0.460 e. The molecular formula is C20H17N3O3. The van der Waals surface area contributed by atoms with Gasteiger partial charge in [-0.1, -0.05) is 24.3 Å². The van der Waals surface area contributed by atoms with Crippen molar-refractivity contribution in [2.24, 2.45) is 0 Å². The van der Waals surface area contributed by atoms with Crippen molar-refractivity contribution in [2.45, 2.75) is 13.8 Å². The molecule has 0 atom stereocenters. The summed E-state index contributed by atoms with van der Waals surface area (Å²) in [4.78, 5) is 20.9. The average molecular weight is 347 g/mol. The fourth-order valence-corrected chi connectivity index (χ4v) is 2.82. The first kappa shape index (κ1) is 16.1. The number of hydrogen-bond donors (Lipinski definition) is 1. The lowest BCUT2D eigenvalue weighted by Gasteiger charge is -2.08. The molecule has 0 bridgehead atoms. The van der Waals surface area contributed by atoms with Gasteiger partial charge in [0.2, 0.25) is 5.82 Å². The van der Waals surface area contributed by atoms with Crippen LogP contribution < -0.4 is 5.32 Å². The number of fused-ring (bicyclic) bond motifs is 3. The number of carbonyl (C=O) groups excluding carboxylic acids is 1. The SMILES string of the molecule is CCOC(=O)c1nc(Nc2cccc(C)c2)c2oc3ccccc3c2n1. The summed E-state index contributed by atoms with van der Waals surface area (Å²) in [5.74, 6) is -0.132. The molecule has 0 aliphatic carbocycles. The van der Waals surface area contributed by atoms with Gasteiger partial charge in [0.05, 0.1) is 6.61 Å². The van der Waals surface area contributed by atoms with Crippen molar-refractivity contribution in [3.63, 3.8) is 0 Å². The van der Waals surface area contributed by atoms with E-state index in [4.69, 9.17) is 9.15 Å². The van der Waals surface area contributed by atoms with Gasteiger partial charge >= 0.3 is 5.97 Å². The number of aromatic nitrogens is 2. The van der Waals surface area contributed by atoms with Crippen LogP contribution in [0, 0.1) is 6.92 Å². The van der Waals surface area contributed by atoms with E-state index >= 15 is 0 Å². The molecule has 0 saturated heterocycles. The van der Waals surface area contributed by atoms with Gasteiger partial charge in [0.15, 0.2) is 11.4 Å². The molecule has 6 heteroatoms. The standard InChI is InChI=1S/C20H17N3O3/c1-3-25-20(24)19-22-16-14-9-4-5-10-15(14)26-17(16)18(23-19)21-13-8-6-7-12(2)11-13/h4-11H,3H2,1-2H3,(H,21,22,23). The third kappa shape index (κ3) is 2.86. The van der Waals surface area contributed by atoms with Gasteiger partial charge in [-0.15, -0.1) is 0 Å². The lowest BCUT2D eigenvalue weighted by atomic mass is 10.2. The quantitative estimate of drug-likeness (QED) is 0.543. The molecule has 0 saturated carbocycles. The Bertz CT molecular complexity index is 1120. The number of para-hydroxylation sites is 1.